The van der Waals surface area contributed by atoms with Crippen LogP contribution in [0.1, 0.15) is 22.1 Å². The van der Waals surface area contributed by atoms with Gasteiger partial charge in [-0.1, -0.05) is 12.1 Å². The van der Waals surface area contributed by atoms with E-state index in [1.807, 2.05) is 0 Å². The van der Waals surface area contributed by atoms with Crippen molar-refractivity contribution in [3.05, 3.63) is 35.4 Å². The summed E-state index contributed by atoms with van der Waals surface area (Å²) < 4.78 is 7.91. The summed E-state index contributed by atoms with van der Waals surface area (Å²) in [6.07, 6.45) is 0. The van der Waals surface area contributed by atoms with Crippen LogP contribution in [0.4, 0.5) is 0 Å². The maximum absolute atomic E-state index is 11.0. The molecule has 0 saturated carbocycles. The van der Waals surface area contributed by atoms with Gasteiger partial charge in [0, 0.05) is 0 Å². The molecule has 0 aliphatic carbocycles. The van der Waals surface area contributed by atoms with Gasteiger partial charge in [0.15, 0.2) is 0 Å². The molecular weight excluding hydrogens is 254 g/mol. The molecule has 0 aromatic heterocycles. The number of carbonyl (C=O) groups is 2. The summed E-state index contributed by atoms with van der Waals surface area (Å²) in [6.45, 7) is 0. The van der Waals surface area contributed by atoms with Crippen LogP contribution in [-0.4, -0.2) is 11.9 Å². The number of benzene rings is 1. The molecule has 0 amide bonds. The molecule has 0 saturated heterocycles. The number of halogens is 2. The van der Waals surface area contributed by atoms with Crippen molar-refractivity contribution in [1.29, 1.82) is 0 Å². The van der Waals surface area contributed by atoms with E-state index in [-0.39, 0.29) is 42.1 Å². The van der Waals surface area contributed by atoms with E-state index in [1.165, 1.54) is 12.1 Å². The van der Waals surface area contributed by atoms with Gasteiger partial charge in [0.2, 0.25) is 0 Å². The Morgan fingerprint density at radius 1 is 1.00 bits per heavy atom. The molecule has 0 radical (unpaired) electrons. The van der Waals surface area contributed by atoms with Crippen molar-refractivity contribution in [2.75, 3.05) is 0 Å². The molecule has 0 unspecified atom stereocenters. The summed E-state index contributed by atoms with van der Waals surface area (Å²) in [4.78, 5) is 22.1. The van der Waals surface area contributed by atoms with Crippen LogP contribution in [-0.2, 0) is 8.58 Å². The fourth-order valence-corrected chi connectivity index (χ4v) is 1.09. The Bertz CT molecular complexity index is 340. The van der Waals surface area contributed by atoms with Gasteiger partial charge >= 0.3 is 41.5 Å². The van der Waals surface area contributed by atoms with Gasteiger partial charge in [-0.3, -0.25) is 0 Å². The molecular formula is C8H5Cl2NaO4. The molecule has 0 heterocycles. The first-order valence-corrected chi connectivity index (χ1v) is 4.07. The van der Waals surface area contributed by atoms with E-state index in [1.54, 1.807) is 12.1 Å². The van der Waals surface area contributed by atoms with Gasteiger partial charge < -0.3 is 10.0 Å². The van der Waals surface area contributed by atoms with E-state index >= 15 is 0 Å². The summed E-state index contributed by atoms with van der Waals surface area (Å²) in [5, 5.41) is 0. The molecule has 0 N–H and O–H groups in total. The van der Waals surface area contributed by atoms with Crippen molar-refractivity contribution in [2.45, 2.75) is 0 Å². The maximum atomic E-state index is 11.0. The second-order valence-corrected chi connectivity index (χ2v) is 2.58. The zero-order valence-electron chi connectivity index (χ0n) is 8.70. The van der Waals surface area contributed by atoms with E-state index in [9.17, 15) is 9.59 Å². The van der Waals surface area contributed by atoms with Crippen LogP contribution in [0, 0.1) is 0 Å². The molecule has 0 aliphatic rings. The molecule has 4 nitrogen and oxygen atoms in total. The Kier molecular flexibility index (Phi) is 6.96. The van der Waals surface area contributed by atoms with Gasteiger partial charge in [0.25, 0.3) is 0 Å². The van der Waals surface area contributed by atoms with Gasteiger partial charge in [0.05, 0.1) is 11.1 Å². The molecule has 15 heavy (non-hydrogen) atoms. The van der Waals surface area contributed by atoms with Crippen molar-refractivity contribution in [1.82, 2.24) is 0 Å². The second kappa shape index (κ2) is 7.09. The molecule has 0 atom stereocenters. The minimum Gasteiger partial charge on any atom is -1.00 e. The van der Waals surface area contributed by atoms with Gasteiger partial charge in [-0.05, 0) is 12.1 Å². The van der Waals surface area contributed by atoms with Crippen molar-refractivity contribution in [3.63, 3.8) is 0 Å². The van der Waals surface area contributed by atoms with Crippen LogP contribution in [0.15, 0.2) is 24.3 Å². The van der Waals surface area contributed by atoms with Crippen molar-refractivity contribution >= 4 is 35.7 Å². The summed E-state index contributed by atoms with van der Waals surface area (Å²) >= 11 is 9.74. The van der Waals surface area contributed by atoms with E-state index in [4.69, 9.17) is 23.7 Å². The minimum absolute atomic E-state index is 0. The van der Waals surface area contributed by atoms with Crippen LogP contribution >= 0.6 is 23.7 Å². The molecule has 76 valence electrons. The smallest absolute Gasteiger partial charge is 1.00 e. The van der Waals surface area contributed by atoms with Crippen LogP contribution in [0.2, 0.25) is 0 Å². The molecule has 1 aromatic carbocycles. The SMILES string of the molecule is O=C(OCl)c1ccccc1C(=O)OCl.[H-].[Na+]. The topological polar surface area (TPSA) is 52.6 Å². The molecule has 0 bridgehead atoms. The van der Waals surface area contributed by atoms with Crippen molar-refractivity contribution in [2.24, 2.45) is 0 Å². The Balaban J connectivity index is 0. The third-order valence-electron chi connectivity index (χ3n) is 1.51. The van der Waals surface area contributed by atoms with Crippen molar-refractivity contribution < 1.29 is 49.2 Å². The first-order valence-electron chi connectivity index (χ1n) is 3.45. The predicted octanol–water partition coefficient (Wildman–Crippen LogP) is -0.576. The van der Waals surface area contributed by atoms with Gasteiger partial charge in [-0.2, -0.15) is 0 Å². The van der Waals surface area contributed by atoms with Gasteiger partial charge in [-0.25, -0.2) is 9.59 Å². The molecule has 7 heteroatoms. The Labute approximate surface area is 120 Å². The molecule has 0 fully saturated rings. The normalized spacial score (nSPS) is 8.67. The monoisotopic (exact) mass is 258 g/mol. The first kappa shape index (κ1) is 14.7. The minimum atomic E-state index is -0.843. The largest absolute Gasteiger partial charge is 1.00 e. The van der Waals surface area contributed by atoms with Crippen LogP contribution < -0.4 is 29.6 Å². The van der Waals surface area contributed by atoms with Gasteiger partial charge in [-0.15, -0.1) is 0 Å². The second-order valence-electron chi connectivity index (χ2n) is 2.27. The number of rotatable bonds is 2. The average Bonchev–Trinajstić information content (AvgIpc) is 2.27. The Hall–Kier alpha value is -0.260. The first-order chi connectivity index (χ1) is 6.70. The molecule has 0 spiro atoms. The van der Waals surface area contributed by atoms with Crippen LogP contribution in [0.3, 0.4) is 0 Å². The molecule has 0 aliphatic heterocycles. The average molecular weight is 259 g/mol. The maximum Gasteiger partial charge on any atom is 1.00 e. The third kappa shape index (κ3) is 3.66. The Morgan fingerprint density at radius 3 is 1.60 bits per heavy atom. The van der Waals surface area contributed by atoms with E-state index in [0.29, 0.717) is 0 Å². The number of hydrogen-bond acceptors (Lipinski definition) is 4. The third-order valence-corrected chi connectivity index (χ3v) is 1.79. The number of carbonyl (C=O) groups excluding carboxylic acids is 2. The van der Waals surface area contributed by atoms with E-state index in [2.05, 4.69) is 8.58 Å². The van der Waals surface area contributed by atoms with Crippen LogP contribution in [0.25, 0.3) is 0 Å². The summed E-state index contributed by atoms with van der Waals surface area (Å²) in [5.41, 5.74) is -0.0127. The summed E-state index contributed by atoms with van der Waals surface area (Å²) in [7, 11) is 0. The van der Waals surface area contributed by atoms with Crippen molar-refractivity contribution in [3.8, 4) is 0 Å². The zero-order chi connectivity index (χ0) is 10.6. The quantitative estimate of drug-likeness (QED) is 0.667. The summed E-state index contributed by atoms with van der Waals surface area (Å²) in [6, 6.07) is 5.84. The fourth-order valence-electron chi connectivity index (χ4n) is 0.922. The standard InChI is InChI=1S/C8H4Cl2O4.Na.H/c9-13-7(11)5-3-1-2-4-6(5)8(12)14-10;;/h1-4H;;/q;+1;-1. The Morgan fingerprint density at radius 2 is 1.33 bits per heavy atom. The predicted molar refractivity (Wildman–Crippen MR) is 50.1 cm³/mol. The van der Waals surface area contributed by atoms with Crippen LogP contribution in [0.5, 0.6) is 0 Å². The molecule has 1 aromatic rings. The van der Waals surface area contributed by atoms with E-state index in [0.717, 1.165) is 0 Å². The van der Waals surface area contributed by atoms with E-state index < -0.39 is 11.9 Å². The zero-order valence-corrected chi connectivity index (χ0v) is 11.2. The van der Waals surface area contributed by atoms with Gasteiger partial charge in [0.1, 0.15) is 23.7 Å². The molecule has 1 rings (SSSR count). The summed E-state index contributed by atoms with van der Waals surface area (Å²) in [5.74, 6) is -1.69. The fraction of sp³-hybridized carbons (Fsp3) is 0. The number of hydrogen-bond donors (Lipinski definition) is 0.